The minimum atomic E-state index is 0.863. The highest BCUT2D eigenvalue weighted by Gasteiger charge is 2.44. The standard InChI is InChI=1S/C8H10/c1-5-3-7(5)8-4-6(8)2/h7-8H,1-4H2/t7-,8+. The van der Waals surface area contributed by atoms with E-state index in [4.69, 9.17) is 0 Å². The minimum Gasteiger partial charge on any atom is -0.0995 e. The summed E-state index contributed by atoms with van der Waals surface area (Å²) < 4.78 is 0. The average molecular weight is 106 g/mol. The molecule has 2 aliphatic rings. The van der Waals surface area contributed by atoms with Crippen molar-refractivity contribution in [2.75, 3.05) is 0 Å². The fourth-order valence-corrected chi connectivity index (χ4v) is 1.30. The smallest absolute Gasteiger partial charge is 0.00998 e. The zero-order chi connectivity index (χ0) is 5.72. The summed E-state index contributed by atoms with van der Waals surface area (Å²) in [5.41, 5.74) is 2.90. The predicted octanol–water partition coefficient (Wildman–Crippen LogP) is 2.14. The first-order valence-corrected chi connectivity index (χ1v) is 3.14. The number of hydrogen-bond acceptors (Lipinski definition) is 0. The normalized spacial score (nSPS) is 42.5. The number of allylic oxidation sites excluding steroid dienone is 2. The Morgan fingerprint density at radius 1 is 1.00 bits per heavy atom. The third-order valence-corrected chi connectivity index (χ3v) is 2.18. The largest absolute Gasteiger partial charge is 0.0995 e. The molecule has 2 rings (SSSR count). The topological polar surface area (TPSA) is 0 Å². The van der Waals surface area contributed by atoms with Gasteiger partial charge in [-0.05, 0) is 24.7 Å². The first-order chi connectivity index (χ1) is 3.79. The molecule has 2 atom stereocenters. The summed E-state index contributed by atoms with van der Waals surface area (Å²) in [6, 6.07) is 0. The summed E-state index contributed by atoms with van der Waals surface area (Å²) in [6.45, 7) is 7.81. The van der Waals surface area contributed by atoms with Crippen molar-refractivity contribution < 1.29 is 0 Å². The summed E-state index contributed by atoms with van der Waals surface area (Å²) in [6.07, 6.45) is 2.56. The average Bonchev–Trinajstić information content (AvgIpc) is 2.47. The molecule has 0 saturated heterocycles. The van der Waals surface area contributed by atoms with Gasteiger partial charge in [0.05, 0.1) is 0 Å². The summed E-state index contributed by atoms with van der Waals surface area (Å²) in [7, 11) is 0. The molecule has 0 aromatic heterocycles. The Hall–Kier alpha value is -0.520. The van der Waals surface area contributed by atoms with E-state index in [-0.39, 0.29) is 0 Å². The van der Waals surface area contributed by atoms with E-state index in [2.05, 4.69) is 13.2 Å². The first kappa shape index (κ1) is 4.37. The molecule has 2 saturated carbocycles. The lowest BCUT2D eigenvalue weighted by molar-refractivity contribution is 0.767. The van der Waals surface area contributed by atoms with Gasteiger partial charge in [0.2, 0.25) is 0 Å². The van der Waals surface area contributed by atoms with Crippen LogP contribution in [0, 0.1) is 11.8 Å². The molecular weight excluding hydrogens is 96.1 g/mol. The lowest BCUT2D eigenvalue weighted by atomic mass is 10.2. The van der Waals surface area contributed by atoms with Crippen molar-refractivity contribution >= 4 is 0 Å². The summed E-state index contributed by atoms with van der Waals surface area (Å²) >= 11 is 0. The maximum Gasteiger partial charge on any atom is -0.00998 e. The van der Waals surface area contributed by atoms with Crippen LogP contribution in [0.5, 0.6) is 0 Å². The first-order valence-electron chi connectivity index (χ1n) is 3.14. The monoisotopic (exact) mass is 106 g/mol. The number of rotatable bonds is 1. The number of hydrogen-bond donors (Lipinski definition) is 0. The van der Waals surface area contributed by atoms with Gasteiger partial charge in [-0.25, -0.2) is 0 Å². The second kappa shape index (κ2) is 1.07. The van der Waals surface area contributed by atoms with Crippen LogP contribution >= 0.6 is 0 Å². The summed E-state index contributed by atoms with van der Waals surface area (Å²) in [4.78, 5) is 0. The molecule has 0 heteroatoms. The van der Waals surface area contributed by atoms with Crippen LogP contribution in [-0.4, -0.2) is 0 Å². The molecule has 2 aliphatic carbocycles. The third kappa shape index (κ3) is 0.459. The van der Waals surface area contributed by atoms with Crippen LogP contribution in [0.25, 0.3) is 0 Å². The van der Waals surface area contributed by atoms with E-state index in [1.807, 2.05) is 0 Å². The van der Waals surface area contributed by atoms with Crippen LogP contribution < -0.4 is 0 Å². The second-order valence-electron chi connectivity index (χ2n) is 2.94. The molecule has 0 aromatic carbocycles. The highest BCUT2D eigenvalue weighted by Crippen LogP contribution is 2.55. The van der Waals surface area contributed by atoms with Gasteiger partial charge in [0.15, 0.2) is 0 Å². The SMILES string of the molecule is C=C1C[C@H]1[C@H]1CC1=C. The van der Waals surface area contributed by atoms with E-state index in [0.717, 1.165) is 11.8 Å². The highest BCUT2D eigenvalue weighted by molar-refractivity contribution is 5.33. The van der Waals surface area contributed by atoms with Crippen LogP contribution in [0.2, 0.25) is 0 Å². The van der Waals surface area contributed by atoms with E-state index in [1.54, 1.807) is 0 Å². The molecule has 0 heterocycles. The van der Waals surface area contributed by atoms with Gasteiger partial charge in [-0.15, -0.1) is 0 Å². The Bertz CT molecular complexity index is 145. The Morgan fingerprint density at radius 3 is 1.38 bits per heavy atom. The van der Waals surface area contributed by atoms with E-state index in [0.29, 0.717) is 0 Å². The van der Waals surface area contributed by atoms with Gasteiger partial charge < -0.3 is 0 Å². The maximum absolute atomic E-state index is 3.90. The maximum atomic E-state index is 3.90. The van der Waals surface area contributed by atoms with Crippen molar-refractivity contribution in [3.05, 3.63) is 24.3 Å². The van der Waals surface area contributed by atoms with E-state index in [1.165, 1.54) is 24.0 Å². The molecule has 0 amide bonds. The Morgan fingerprint density at radius 2 is 1.25 bits per heavy atom. The van der Waals surface area contributed by atoms with Gasteiger partial charge in [0.25, 0.3) is 0 Å². The molecule has 8 heavy (non-hydrogen) atoms. The molecule has 0 aromatic rings. The molecule has 2 fully saturated rings. The summed E-state index contributed by atoms with van der Waals surface area (Å²) in [5.74, 6) is 1.73. The van der Waals surface area contributed by atoms with Gasteiger partial charge >= 0.3 is 0 Å². The Balaban J connectivity index is 2.03. The van der Waals surface area contributed by atoms with Crippen LogP contribution in [0.3, 0.4) is 0 Å². The molecule has 0 N–H and O–H groups in total. The lowest BCUT2D eigenvalue weighted by Crippen LogP contribution is -1.73. The van der Waals surface area contributed by atoms with E-state index < -0.39 is 0 Å². The quantitative estimate of drug-likeness (QED) is 0.449. The fraction of sp³-hybridized carbons (Fsp3) is 0.500. The molecular formula is C8H10. The van der Waals surface area contributed by atoms with Crippen molar-refractivity contribution in [3.8, 4) is 0 Å². The predicted molar refractivity (Wildman–Crippen MR) is 34.5 cm³/mol. The van der Waals surface area contributed by atoms with Crippen molar-refractivity contribution in [1.82, 2.24) is 0 Å². The van der Waals surface area contributed by atoms with Crippen molar-refractivity contribution in [3.63, 3.8) is 0 Å². The van der Waals surface area contributed by atoms with Gasteiger partial charge in [-0.3, -0.25) is 0 Å². The fourth-order valence-electron chi connectivity index (χ4n) is 1.30. The lowest BCUT2D eigenvalue weighted by Gasteiger charge is -1.79. The van der Waals surface area contributed by atoms with Gasteiger partial charge in [-0.1, -0.05) is 24.3 Å². The zero-order valence-corrected chi connectivity index (χ0v) is 4.98. The molecule has 0 radical (unpaired) electrons. The third-order valence-electron chi connectivity index (χ3n) is 2.18. The van der Waals surface area contributed by atoms with Crippen LogP contribution in [0.15, 0.2) is 24.3 Å². The zero-order valence-electron chi connectivity index (χ0n) is 4.98. The summed E-state index contributed by atoms with van der Waals surface area (Å²) in [5, 5.41) is 0. The Labute approximate surface area is 49.9 Å². The molecule has 42 valence electrons. The van der Waals surface area contributed by atoms with Gasteiger partial charge in [0.1, 0.15) is 0 Å². The van der Waals surface area contributed by atoms with Crippen LogP contribution in [0.4, 0.5) is 0 Å². The van der Waals surface area contributed by atoms with Crippen molar-refractivity contribution in [2.45, 2.75) is 12.8 Å². The van der Waals surface area contributed by atoms with Gasteiger partial charge in [0, 0.05) is 0 Å². The van der Waals surface area contributed by atoms with Crippen molar-refractivity contribution in [1.29, 1.82) is 0 Å². The molecule has 0 nitrogen and oxygen atoms in total. The molecule has 0 unspecified atom stereocenters. The molecule has 0 spiro atoms. The van der Waals surface area contributed by atoms with E-state index >= 15 is 0 Å². The van der Waals surface area contributed by atoms with Crippen LogP contribution in [0.1, 0.15) is 12.8 Å². The van der Waals surface area contributed by atoms with E-state index in [9.17, 15) is 0 Å². The Kier molecular flexibility index (Phi) is 0.585. The second-order valence-corrected chi connectivity index (χ2v) is 2.94. The minimum absolute atomic E-state index is 0.863. The highest BCUT2D eigenvalue weighted by atomic mass is 14.5. The van der Waals surface area contributed by atoms with Crippen LogP contribution in [-0.2, 0) is 0 Å². The van der Waals surface area contributed by atoms with Crippen molar-refractivity contribution in [2.24, 2.45) is 11.8 Å². The molecule has 0 aliphatic heterocycles. The van der Waals surface area contributed by atoms with Gasteiger partial charge in [-0.2, -0.15) is 0 Å². The molecule has 0 bridgehead atoms.